The maximum atomic E-state index is 11.6. The zero-order valence-electron chi connectivity index (χ0n) is 11.8. The smallest absolute Gasteiger partial charge is 0.338 e. The zero-order chi connectivity index (χ0) is 16.4. The van der Waals surface area contributed by atoms with E-state index in [0.717, 1.165) is 18.4 Å². The number of hydrogen-bond donors (Lipinski definition) is 2. The lowest BCUT2D eigenvalue weighted by atomic mass is 10.1. The van der Waals surface area contributed by atoms with Crippen LogP contribution in [0.25, 0.3) is 0 Å². The number of nitrogens with zero attached hydrogens (tertiary/aromatic N) is 1. The summed E-state index contributed by atoms with van der Waals surface area (Å²) in [5.74, 6) is -1.33. The first-order valence-corrected chi connectivity index (χ1v) is 7.80. The number of non-ortho nitro benzene ring substituents is 1. The Kier molecular flexibility index (Phi) is 4.57. The predicted octanol–water partition coefficient (Wildman–Crippen LogP) is 1.53. The highest BCUT2D eigenvalue weighted by molar-refractivity contribution is 7.92. The van der Waals surface area contributed by atoms with Crippen molar-refractivity contribution in [3.8, 4) is 0 Å². The monoisotopic (exact) mass is 316 g/mol. The maximum Gasteiger partial charge on any atom is 0.338 e. The lowest BCUT2D eigenvalue weighted by Gasteiger charge is -2.23. The van der Waals surface area contributed by atoms with E-state index in [1.54, 1.807) is 0 Å². The number of carbonyl (C=O) groups is 1. The number of carboxylic acid groups (broad SMARTS) is 1. The minimum atomic E-state index is -3.35. The molecule has 0 amide bonds. The maximum absolute atomic E-state index is 11.6. The van der Waals surface area contributed by atoms with Gasteiger partial charge in [-0.05, 0) is 19.9 Å². The van der Waals surface area contributed by atoms with Crippen molar-refractivity contribution in [2.45, 2.75) is 18.6 Å². The van der Waals surface area contributed by atoms with Crippen LogP contribution in [0, 0.1) is 10.1 Å². The molecule has 0 aliphatic rings. The van der Waals surface area contributed by atoms with Gasteiger partial charge < -0.3 is 10.4 Å². The summed E-state index contributed by atoms with van der Waals surface area (Å²) in [5.41, 5.74) is -0.501. The molecule has 0 saturated heterocycles. The Bertz CT molecular complexity index is 681. The van der Waals surface area contributed by atoms with E-state index in [0.29, 0.717) is 0 Å². The number of sulfone groups is 1. The molecule has 2 N–H and O–H groups in total. The number of nitro groups is 1. The molecular formula is C12H16N2O6S. The van der Waals surface area contributed by atoms with Crippen molar-refractivity contribution in [1.29, 1.82) is 0 Å². The van der Waals surface area contributed by atoms with Crippen molar-refractivity contribution in [2.24, 2.45) is 0 Å². The summed E-state index contributed by atoms with van der Waals surface area (Å²) in [7, 11) is -3.35. The number of nitro benzene ring substituents is 1. The minimum Gasteiger partial charge on any atom is -0.478 e. The third kappa shape index (κ3) is 3.91. The van der Waals surface area contributed by atoms with Crippen LogP contribution in [-0.4, -0.2) is 42.0 Å². The van der Waals surface area contributed by atoms with E-state index < -0.39 is 25.5 Å². The second-order valence-electron chi connectivity index (χ2n) is 5.18. The fraction of sp³-hybridized carbons (Fsp3) is 0.417. The van der Waals surface area contributed by atoms with Gasteiger partial charge in [-0.1, -0.05) is 0 Å². The second kappa shape index (κ2) is 5.68. The molecule has 1 aromatic rings. The lowest BCUT2D eigenvalue weighted by molar-refractivity contribution is -0.384. The summed E-state index contributed by atoms with van der Waals surface area (Å²) in [6.07, 6.45) is 1.09. The van der Waals surface area contributed by atoms with Crippen LogP contribution in [0.4, 0.5) is 11.4 Å². The highest BCUT2D eigenvalue weighted by Crippen LogP contribution is 2.24. The Labute approximate surface area is 121 Å². The third-order valence-corrected chi connectivity index (χ3v) is 5.30. The van der Waals surface area contributed by atoms with Crippen molar-refractivity contribution in [1.82, 2.24) is 0 Å². The molecule has 0 bridgehead atoms. The average Bonchev–Trinajstić information content (AvgIpc) is 2.34. The number of aromatic carboxylic acids is 1. The predicted molar refractivity (Wildman–Crippen MR) is 77.5 cm³/mol. The van der Waals surface area contributed by atoms with Gasteiger partial charge >= 0.3 is 5.97 Å². The van der Waals surface area contributed by atoms with Gasteiger partial charge in [0.05, 0.1) is 15.2 Å². The molecule has 116 valence electrons. The first-order chi connectivity index (χ1) is 9.45. The summed E-state index contributed by atoms with van der Waals surface area (Å²) >= 11 is 0. The van der Waals surface area contributed by atoms with Crippen LogP contribution in [0.15, 0.2) is 18.2 Å². The van der Waals surface area contributed by atoms with E-state index in [9.17, 15) is 23.3 Å². The van der Waals surface area contributed by atoms with Crippen molar-refractivity contribution in [3.05, 3.63) is 33.9 Å². The van der Waals surface area contributed by atoms with Crippen LogP contribution in [0.5, 0.6) is 0 Å². The highest BCUT2D eigenvalue weighted by atomic mass is 32.2. The summed E-state index contributed by atoms with van der Waals surface area (Å²) in [6.45, 7) is 2.98. The van der Waals surface area contributed by atoms with Gasteiger partial charge in [-0.15, -0.1) is 0 Å². The Morgan fingerprint density at radius 2 is 2.00 bits per heavy atom. The first-order valence-electron chi connectivity index (χ1n) is 5.91. The normalized spacial score (nSPS) is 12.0. The van der Waals surface area contributed by atoms with Gasteiger partial charge in [0.1, 0.15) is 0 Å². The molecule has 0 aromatic heterocycles. The van der Waals surface area contributed by atoms with Gasteiger partial charge in [0.15, 0.2) is 9.84 Å². The molecule has 1 aromatic carbocycles. The van der Waals surface area contributed by atoms with Crippen molar-refractivity contribution in [3.63, 3.8) is 0 Å². The van der Waals surface area contributed by atoms with Crippen molar-refractivity contribution in [2.75, 3.05) is 18.1 Å². The molecule has 0 fully saturated rings. The SMILES string of the molecule is CC(C)(CNc1ccc([N+](=O)[O-])cc1C(=O)O)S(C)(=O)=O. The topological polar surface area (TPSA) is 127 Å². The molecule has 9 heteroatoms. The third-order valence-electron chi connectivity index (χ3n) is 3.15. The fourth-order valence-electron chi connectivity index (χ4n) is 1.42. The zero-order valence-corrected chi connectivity index (χ0v) is 12.6. The lowest BCUT2D eigenvalue weighted by Crippen LogP contribution is -2.38. The van der Waals surface area contributed by atoms with Gasteiger partial charge in [-0.25, -0.2) is 13.2 Å². The average molecular weight is 316 g/mol. The van der Waals surface area contributed by atoms with E-state index >= 15 is 0 Å². The summed E-state index contributed by atoms with van der Waals surface area (Å²) in [5, 5.41) is 22.5. The fourth-order valence-corrected chi connectivity index (χ4v) is 1.75. The molecular weight excluding hydrogens is 300 g/mol. The van der Waals surface area contributed by atoms with Gasteiger partial charge in [0, 0.05) is 30.6 Å². The molecule has 0 saturated carbocycles. The molecule has 0 aliphatic carbocycles. The molecule has 1 rings (SSSR count). The van der Waals surface area contributed by atoms with Crippen LogP contribution in [0.2, 0.25) is 0 Å². The number of nitrogens with one attached hydrogen (secondary N) is 1. The number of rotatable bonds is 6. The Hall–Kier alpha value is -2.16. The molecule has 0 heterocycles. The molecule has 21 heavy (non-hydrogen) atoms. The van der Waals surface area contributed by atoms with E-state index in [1.165, 1.54) is 19.9 Å². The van der Waals surface area contributed by atoms with Crippen molar-refractivity contribution < 1.29 is 23.2 Å². The van der Waals surface area contributed by atoms with Crippen molar-refractivity contribution >= 4 is 27.2 Å². The van der Waals surface area contributed by atoms with Gasteiger partial charge in [-0.3, -0.25) is 10.1 Å². The van der Waals surface area contributed by atoms with E-state index in [-0.39, 0.29) is 23.5 Å². The Morgan fingerprint density at radius 1 is 1.43 bits per heavy atom. The number of hydrogen-bond acceptors (Lipinski definition) is 6. The van der Waals surface area contributed by atoms with Crippen LogP contribution in [0.1, 0.15) is 24.2 Å². The van der Waals surface area contributed by atoms with Crippen LogP contribution >= 0.6 is 0 Å². The molecule has 0 atom stereocenters. The quantitative estimate of drug-likeness (QED) is 0.601. The Balaban J connectivity index is 3.10. The van der Waals surface area contributed by atoms with Gasteiger partial charge in [-0.2, -0.15) is 0 Å². The van der Waals surface area contributed by atoms with E-state index in [1.807, 2.05) is 0 Å². The second-order valence-corrected chi connectivity index (χ2v) is 7.83. The number of benzene rings is 1. The van der Waals surface area contributed by atoms with Gasteiger partial charge in [0.2, 0.25) is 0 Å². The molecule has 0 unspecified atom stereocenters. The largest absolute Gasteiger partial charge is 0.478 e. The van der Waals surface area contributed by atoms with Crippen LogP contribution in [-0.2, 0) is 9.84 Å². The standard InChI is InChI=1S/C12H16N2O6S/c1-12(2,21(3,19)20)7-13-10-5-4-8(14(17)18)6-9(10)11(15)16/h4-6,13H,7H2,1-3H3,(H,15,16). The number of carboxylic acids is 1. The summed E-state index contributed by atoms with van der Waals surface area (Å²) in [4.78, 5) is 21.1. The summed E-state index contributed by atoms with van der Waals surface area (Å²) < 4.78 is 22.1. The van der Waals surface area contributed by atoms with E-state index in [4.69, 9.17) is 5.11 Å². The molecule has 0 aliphatic heterocycles. The number of anilines is 1. The minimum absolute atomic E-state index is 0.0239. The summed E-state index contributed by atoms with van der Waals surface area (Å²) in [6, 6.07) is 3.33. The molecule has 8 nitrogen and oxygen atoms in total. The van der Waals surface area contributed by atoms with E-state index in [2.05, 4.69) is 5.32 Å². The highest BCUT2D eigenvalue weighted by Gasteiger charge is 2.30. The first kappa shape index (κ1) is 16.9. The molecule has 0 spiro atoms. The Morgan fingerprint density at radius 3 is 2.43 bits per heavy atom. The van der Waals surface area contributed by atoms with Crippen LogP contribution < -0.4 is 5.32 Å². The molecule has 0 radical (unpaired) electrons. The van der Waals surface area contributed by atoms with Crippen LogP contribution in [0.3, 0.4) is 0 Å². The van der Waals surface area contributed by atoms with Gasteiger partial charge in [0.25, 0.3) is 5.69 Å².